The van der Waals surface area contributed by atoms with Crippen molar-refractivity contribution >= 4 is 5.69 Å². The van der Waals surface area contributed by atoms with Crippen LogP contribution < -0.4 is 15.4 Å². The molecule has 19 heavy (non-hydrogen) atoms. The maximum Gasteiger partial charge on any atom is 0.119 e. The molecule has 0 saturated carbocycles. The third-order valence-electron chi connectivity index (χ3n) is 3.46. The Balaban J connectivity index is 2.38. The molecule has 108 valence electrons. The van der Waals surface area contributed by atoms with E-state index in [0.717, 1.165) is 18.7 Å². The lowest BCUT2D eigenvalue weighted by Crippen LogP contribution is -2.24. The molecular weight excluding hydrogens is 236 g/mol. The molecule has 0 spiro atoms. The van der Waals surface area contributed by atoms with E-state index in [4.69, 9.17) is 10.5 Å². The zero-order valence-corrected chi connectivity index (χ0v) is 12.7. The van der Waals surface area contributed by atoms with Gasteiger partial charge in [-0.1, -0.05) is 13.3 Å². The van der Waals surface area contributed by atoms with Crippen molar-refractivity contribution in [2.45, 2.75) is 39.2 Å². The molecule has 0 heterocycles. The van der Waals surface area contributed by atoms with Crippen molar-refractivity contribution in [2.75, 3.05) is 25.6 Å². The van der Waals surface area contributed by atoms with Crippen molar-refractivity contribution in [2.24, 2.45) is 11.7 Å². The Bertz CT molecular complexity index is 348. The standard InChI is InChI=1S/C16H28N2O/c1-13(6-5-7-14(2)17)12-18(3)15-8-10-16(19-4)11-9-15/h8-11,13-14H,5-7,12,17H2,1-4H3. The number of methoxy groups -OCH3 is 1. The van der Waals surface area contributed by atoms with E-state index in [0.29, 0.717) is 12.0 Å². The molecule has 0 aliphatic rings. The van der Waals surface area contributed by atoms with Crippen LogP contribution in [0.4, 0.5) is 5.69 Å². The summed E-state index contributed by atoms with van der Waals surface area (Å²) in [6, 6.07) is 8.55. The van der Waals surface area contributed by atoms with Crippen LogP contribution in [0.1, 0.15) is 33.1 Å². The number of nitrogens with zero attached hydrogens (tertiary/aromatic N) is 1. The fourth-order valence-electron chi connectivity index (χ4n) is 2.29. The number of benzene rings is 1. The van der Waals surface area contributed by atoms with E-state index < -0.39 is 0 Å². The smallest absolute Gasteiger partial charge is 0.119 e. The predicted octanol–water partition coefficient (Wildman–Crippen LogP) is 3.29. The molecule has 0 aromatic heterocycles. The Morgan fingerprint density at radius 3 is 2.32 bits per heavy atom. The molecule has 3 nitrogen and oxygen atoms in total. The van der Waals surface area contributed by atoms with E-state index in [-0.39, 0.29) is 0 Å². The molecule has 2 N–H and O–H groups in total. The summed E-state index contributed by atoms with van der Waals surface area (Å²) in [6.45, 7) is 5.46. The fraction of sp³-hybridized carbons (Fsp3) is 0.625. The van der Waals surface area contributed by atoms with Crippen molar-refractivity contribution in [1.82, 2.24) is 0 Å². The van der Waals surface area contributed by atoms with Crippen LogP contribution in [0.3, 0.4) is 0 Å². The summed E-state index contributed by atoms with van der Waals surface area (Å²) in [4.78, 5) is 2.30. The number of hydrogen-bond acceptors (Lipinski definition) is 3. The maximum absolute atomic E-state index is 5.78. The molecule has 1 aromatic rings. The molecule has 0 saturated heterocycles. The number of nitrogens with two attached hydrogens (primary N) is 1. The molecule has 2 unspecified atom stereocenters. The lowest BCUT2D eigenvalue weighted by atomic mass is 10.0. The molecule has 1 aromatic carbocycles. The number of anilines is 1. The van der Waals surface area contributed by atoms with Crippen LogP contribution in [0, 0.1) is 5.92 Å². The van der Waals surface area contributed by atoms with Gasteiger partial charge in [-0.05, 0) is 49.9 Å². The predicted molar refractivity (Wildman–Crippen MR) is 82.9 cm³/mol. The third kappa shape index (κ3) is 5.97. The van der Waals surface area contributed by atoms with Crippen molar-refractivity contribution in [3.63, 3.8) is 0 Å². The topological polar surface area (TPSA) is 38.5 Å². The SMILES string of the molecule is COc1ccc(N(C)CC(C)CCCC(C)N)cc1. The first kappa shape index (κ1) is 15.8. The normalized spacial score (nSPS) is 13.9. The summed E-state index contributed by atoms with van der Waals surface area (Å²) >= 11 is 0. The quantitative estimate of drug-likeness (QED) is 0.783. The molecule has 3 heteroatoms. The van der Waals surface area contributed by atoms with Gasteiger partial charge >= 0.3 is 0 Å². The van der Waals surface area contributed by atoms with Crippen LogP contribution in [0.5, 0.6) is 5.75 Å². The van der Waals surface area contributed by atoms with E-state index in [2.05, 4.69) is 37.9 Å². The number of rotatable bonds is 8. The summed E-state index contributed by atoms with van der Waals surface area (Å²) < 4.78 is 5.18. The first-order valence-corrected chi connectivity index (χ1v) is 7.13. The Morgan fingerprint density at radius 2 is 1.79 bits per heavy atom. The second-order valence-electron chi connectivity index (χ2n) is 5.59. The molecule has 0 aliphatic carbocycles. The lowest BCUT2D eigenvalue weighted by molar-refractivity contribution is 0.415. The largest absolute Gasteiger partial charge is 0.497 e. The van der Waals surface area contributed by atoms with Crippen LogP contribution in [-0.4, -0.2) is 26.7 Å². The average Bonchev–Trinajstić information content (AvgIpc) is 2.38. The van der Waals surface area contributed by atoms with Crippen molar-refractivity contribution < 1.29 is 4.74 Å². The Hall–Kier alpha value is -1.22. The molecule has 0 aliphatic heterocycles. The monoisotopic (exact) mass is 264 g/mol. The van der Waals surface area contributed by atoms with Crippen molar-refractivity contribution in [3.05, 3.63) is 24.3 Å². The van der Waals surface area contributed by atoms with Gasteiger partial charge in [0.05, 0.1) is 7.11 Å². The first-order chi connectivity index (χ1) is 9.02. The van der Waals surface area contributed by atoms with Gasteiger partial charge in [-0.25, -0.2) is 0 Å². The second kappa shape index (κ2) is 8.05. The van der Waals surface area contributed by atoms with Crippen molar-refractivity contribution in [1.29, 1.82) is 0 Å². The van der Waals surface area contributed by atoms with Gasteiger partial charge in [0.2, 0.25) is 0 Å². The summed E-state index contributed by atoms with van der Waals surface area (Å²) in [5.41, 5.74) is 7.01. The van der Waals surface area contributed by atoms with Crippen LogP contribution in [-0.2, 0) is 0 Å². The Labute approximate surface area is 117 Å². The van der Waals surface area contributed by atoms with E-state index in [1.54, 1.807) is 7.11 Å². The highest BCUT2D eigenvalue weighted by Gasteiger charge is 2.08. The molecule has 0 bridgehead atoms. The van der Waals surface area contributed by atoms with Gasteiger partial charge < -0.3 is 15.4 Å². The minimum Gasteiger partial charge on any atom is -0.497 e. The average molecular weight is 264 g/mol. The van der Waals surface area contributed by atoms with E-state index in [1.807, 2.05) is 12.1 Å². The van der Waals surface area contributed by atoms with Gasteiger partial charge in [0.1, 0.15) is 5.75 Å². The second-order valence-corrected chi connectivity index (χ2v) is 5.59. The minimum absolute atomic E-state index is 0.325. The van der Waals surface area contributed by atoms with Gasteiger partial charge in [0.25, 0.3) is 0 Å². The first-order valence-electron chi connectivity index (χ1n) is 7.13. The summed E-state index contributed by atoms with van der Waals surface area (Å²) in [7, 11) is 3.84. The summed E-state index contributed by atoms with van der Waals surface area (Å²) in [6.07, 6.45) is 3.58. The van der Waals surface area contributed by atoms with Crippen LogP contribution in [0.15, 0.2) is 24.3 Å². The molecule has 0 amide bonds. The van der Waals surface area contributed by atoms with E-state index in [1.165, 1.54) is 18.5 Å². The zero-order valence-electron chi connectivity index (χ0n) is 12.7. The van der Waals surface area contributed by atoms with E-state index >= 15 is 0 Å². The molecule has 1 rings (SSSR count). The molecule has 2 atom stereocenters. The van der Waals surface area contributed by atoms with Crippen LogP contribution >= 0.6 is 0 Å². The highest BCUT2D eigenvalue weighted by molar-refractivity contribution is 5.48. The molecular formula is C16H28N2O. The Morgan fingerprint density at radius 1 is 1.16 bits per heavy atom. The number of ether oxygens (including phenoxy) is 1. The van der Waals surface area contributed by atoms with Gasteiger partial charge in [0, 0.05) is 25.3 Å². The van der Waals surface area contributed by atoms with Gasteiger partial charge in [0.15, 0.2) is 0 Å². The molecule has 0 fully saturated rings. The maximum atomic E-state index is 5.78. The van der Waals surface area contributed by atoms with Gasteiger partial charge in [-0.15, -0.1) is 0 Å². The van der Waals surface area contributed by atoms with Crippen LogP contribution in [0.2, 0.25) is 0 Å². The minimum atomic E-state index is 0.325. The van der Waals surface area contributed by atoms with Crippen LogP contribution in [0.25, 0.3) is 0 Å². The van der Waals surface area contributed by atoms with E-state index in [9.17, 15) is 0 Å². The highest BCUT2D eigenvalue weighted by atomic mass is 16.5. The highest BCUT2D eigenvalue weighted by Crippen LogP contribution is 2.20. The summed E-state index contributed by atoms with van der Waals surface area (Å²) in [5, 5.41) is 0. The zero-order chi connectivity index (χ0) is 14.3. The summed E-state index contributed by atoms with van der Waals surface area (Å²) in [5.74, 6) is 1.59. The van der Waals surface area contributed by atoms with Crippen molar-refractivity contribution in [3.8, 4) is 5.75 Å². The molecule has 0 radical (unpaired) electrons. The fourth-order valence-corrected chi connectivity index (χ4v) is 2.29. The lowest BCUT2D eigenvalue weighted by Gasteiger charge is -2.24. The Kier molecular flexibility index (Phi) is 6.71. The number of hydrogen-bond donors (Lipinski definition) is 1. The van der Waals surface area contributed by atoms with Gasteiger partial charge in [-0.3, -0.25) is 0 Å². The third-order valence-corrected chi connectivity index (χ3v) is 3.46. The van der Waals surface area contributed by atoms with Gasteiger partial charge in [-0.2, -0.15) is 0 Å².